The van der Waals surface area contributed by atoms with Crippen LogP contribution >= 0.6 is 0 Å². The Hall–Kier alpha value is -1.69. The van der Waals surface area contributed by atoms with E-state index in [0.29, 0.717) is 24.7 Å². The van der Waals surface area contributed by atoms with Gasteiger partial charge in [0.05, 0.1) is 19.0 Å². The molecule has 0 aliphatic heterocycles. The number of methoxy groups -OCH3 is 1. The molecule has 1 aromatic rings. The minimum absolute atomic E-state index is 0.214. The van der Waals surface area contributed by atoms with Crippen LogP contribution < -0.4 is 10.6 Å². The van der Waals surface area contributed by atoms with Crippen LogP contribution in [0.4, 0.5) is 5.82 Å². The normalized spacial score (nSPS) is 11.9. The molecule has 1 rings (SSSR count). The number of nitrogens with one attached hydrogen (secondary N) is 2. The fourth-order valence-electron chi connectivity index (χ4n) is 1.42. The van der Waals surface area contributed by atoms with E-state index in [1.165, 1.54) is 6.20 Å². The van der Waals surface area contributed by atoms with Crippen molar-refractivity contribution in [2.24, 2.45) is 5.92 Å². The van der Waals surface area contributed by atoms with E-state index in [1.807, 2.05) is 13.8 Å². The highest BCUT2D eigenvalue weighted by molar-refractivity contribution is 5.91. The first-order valence-electron chi connectivity index (χ1n) is 6.00. The van der Waals surface area contributed by atoms with Crippen LogP contribution in [0.1, 0.15) is 24.3 Å². The van der Waals surface area contributed by atoms with Crippen LogP contribution in [-0.4, -0.2) is 42.7 Å². The zero-order valence-corrected chi connectivity index (χ0v) is 11.1. The molecule has 1 atom stereocenters. The van der Waals surface area contributed by atoms with Gasteiger partial charge in [-0.2, -0.15) is 0 Å². The van der Waals surface area contributed by atoms with Crippen LogP contribution in [0.25, 0.3) is 0 Å². The van der Waals surface area contributed by atoms with Crippen molar-refractivity contribution in [3.63, 3.8) is 0 Å². The number of hydrogen-bond acceptors (Lipinski definition) is 5. The summed E-state index contributed by atoms with van der Waals surface area (Å²) in [6.07, 6.45) is 3.02. The minimum Gasteiger partial charge on any atom is -0.384 e. The third-order valence-electron chi connectivity index (χ3n) is 2.30. The fourth-order valence-corrected chi connectivity index (χ4v) is 1.42. The number of rotatable bonds is 7. The SMILES string of the molecule is CCNc1cnc(C(=O)NCC(C)COC)cn1. The second-order valence-electron chi connectivity index (χ2n) is 4.09. The molecule has 2 N–H and O–H groups in total. The highest BCUT2D eigenvalue weighted by Crippen LogP contribution is 2.01. The van der Waals surface area contributed by atoms with Gasteiger partial charge in [-0.05, 0) is 12.8 Å². The average Bonchev–Trinajstić information content (AvgIpc) is 2.37. The summed E-state index contributed by atoms with van der Waals surface area (Å²) in [6.45, 7) is 5.92. The molecule has 6 heteroatoms. The Morgan fingerprint density at radius 1 is 1.44 bits per heavy atom. The maximum absolute atomic E-state index is 11.7. The molecule has 100 valence electrons. The van der Waals surface area contributed by atoms with Gasteiger partial charge in [-0.15, -0.1) is 0 Å². The van der Waals surface area contributed by atoms with Crippen LogP contribution in [0.15, 0.2) is 12.4 Å². The molecule has 0 aliphatic rings. The largest absolute Gasteiger partial charge is 0.384 e. The summed E-state index contributed by atoms with van der Waals surface area (Å²) in [6, 6.07) is 0. The first-order chi connectivity index (χ1) is 8.67. The molecule has 6 nitrogen and oxygen atoms in total. The van der Waals surface area contributed by atoms with E-state index in [0.717, 1.165) is 6.54 Å². The second-order valence-corrected chi connectivity index (χ2v) is 4.09. The van der Waals surface area contributed by atoms with Crippen LogP contribution in [-0.2, 0) is 4.74 Å². The maximum atomic E-state index is 11.7. The average molecular weight is 252 g/mol. The predicted molar refractivity (Wildman–Crippen MR) is 69.6 cm³/mol. The van der Waals surface area contributed by atoms with Gasteiger partial charge in [0.25, 0.3) is 5.91 Å². The van der Waals surface area contributed by atoms with Crippen molar-refractivity contribution >= 4 is 11.7 Å². The molecule has 0 saturated heterocycles. The molecule has 0 radical (unpaired) electrons. The van der Waals surface area contributed by atoms with Gasteiger partial charge in [0.15, 0.2) is 0 Å². The number of amides is 1. The third kappa shape index (κ3) is 4.67. The third-order valence-corrected chi connectivity index (χ3v) is 2.30. The van der Waals surface area contributed by atoms with E-state index in [1.54, 1.807) is 13.3 Å². The summed E-state index contributed by atoms with van der Waals surface area (Å²) >= 11 is 0. The molecule has 0 fully saturated rings. The van der Waals surface area contributed by atoms with E-state index in [-0.39, 0.29) is 11.8 Å². The quantitative estimate of drug-likeness (QED) is 0.754. The summed E-state index contributed by atoms with van der Waals surface area (Å²) in [5, 5.41) is 5.81. The Bertz CT molecular complexity index is 367. The summed E-state index contributed by atoms with van der Waals surface area (Å²) in [5.74, 6) is 0.725. The van der Waals surface area contributed by atoms with Crippen LogP contribution in [0.3, 0.4) is 0 Å². The van der Waals surface area contributed by atoms with E-state index < -0.39 is 0 Å². The van der Waals surface area contributed by atoms with Gasteiger partial charge < -0.3 is 15.4 Å². The van der Waals surface area contributed by atoms with E-state index in [2.05, 4.69) is 20.6 Å². The van der Waals surface area contributed by atoms with Crippen LogP contribution in [0.5, 0.6) is 0 Å². The number of ether oxygens (including phenoxy) is 1. The Labute approximate surface area is 107 Å². The molecule has 0 bridgehead atoms. The van der Waals surface area contributed by atoms with Gasteiger partial charge in [-0.25, -0.2) is 9.97 Å². The zero-order chi connectivity index (χ0) is 13.4. The molecule has 0 saturated carbocycles. The first-order valence-corrected chi connectivity index (χ1v) is 6.00. The van der Waals surface area contributed by atoms with Gasteiger partial charge in [-0.3, -0.25) is 4.79 Å². The Kier molecular flexibility index (Phi) is 6.07. The van der Waals surface area contributed by atoms with Gasteiger partial charge in [0.1, 0.15) is 11.5 Å². The molecule has 1 amide bonds. The van der Waals surface area contributed by atoms with Gasteiger partial charge >= 0.3 is 0 Å². The van der Waals surface area contributed by atoms with Crippen molar-refractivity contribution in [1.29, 1.82) is 0 Å². The topological polar surface area (TPSA) is 76.1 Å². The minimum atomic E-state index is -0.214. The van der Waals surface area contributed by atoms with Gasteiger partial charge in [0, 0.05) is 20.2 Å². The fraction of sp³-hybridized carbons (Fsp3) is 0.583. The molecule has 1 aromatic heterocycles. The van der Waals surface area contributed by atoms with Crippen molar-refractivity contribution in [1.82, 2.24) is 15.3 Å². The lowest BCUT2D eigenvalue weighted by Gasteiger charge is -2.11. The number of nitrogens with zero attached hydrogens (tertiary/aromatic N) is 2. The van der Waals surface area contributed by atoms with E-state index in [4.69, 9.17) is 4.74 Å². The first kappa shape index (κ1) is 14.4. The highest BCUT2D eigenvalue weighted by Gasteiger charge is 2.09. The van der Waals surface area contributed by atoms with Crippen molar-refractivity contribution in [3.8, 4) is 0 Å². The Balaban J connectivity index is 2.46. The molecular weight excluding hydrogens is 232 g/mol. The lowest BCUT2D eigenvalue weighted by Crippen LogP contribution is -2.30. The zero-order valence-electron chi connectivity index (χ0n) is 11.1. The van der Waals surface area contributed by atoms with Crippen molar-refractivity contribution in [3.05, 3.63) is 18.1 Å². The molecule has 0 spiro atoms. The number of anilines is 1. The smallest absolute Gasteiger partial charge is 0.271 e. The summed E-state index contributed by atoms with van der Waals surface area (Å²) < 4.78 is 5.00. The summed E-state index contributed by atoms with van der Waals surface area (Å²) in [5.41, 5.74) is 0.321. The molecule has 0 aliphatic carbocycles. The van der Waals surface area contributed by atoms with Gasteiger partial charge in [0.2, 0.25) is 0 Å². The number of carbonyl (C=O) groups is 1. The van der Waals surface area contributed by atoms with E-state index >= 15 is 0 Å². The monoisotopic (exact) mass is 252 g/mol. The predicted octanol–water partition coefficient (Wildman–Crippen LogP) is 0.921. The Morgan fingerprint density at radius 3 is 2.78 bits per heavy atom. The Morgan fingerprint density at radius 2 is 2.22 bits per heavy atom. The number of aromatic nitrogens is 2. The molecule has 18 heavy (non-hydrogen) atoms. The summed E-state index contributed by atoms with van der Waals surface area (Å²) in [7, 11) is 1.64. The maximum Gasteiger partial charge on any atom is 0.271 e. The highest BCUT2D eigenvalue weighted by atomic mass is 16.5. The second kappa shape index (κ2) is 7.60. The number of carbonyl (C=O) groups excluding carboxylic acids is 1. The molecule has 1 heterocycles. The molecule has 0 aromatic carbocycles. The molecular formula is C12H20N4O2. The van der Waals surface area contributed by atoms with Crippen molar-refractivity contribution in [2.45, 2.75) is 13.8 Å². The van der Waals surface area contributed by atoms with Crippen molar-refractivity contribution in [2.75, 3.05) is 32.1 Å². The lowest BCUT2D eigenvalue weighted by molar-refractivity contribution is 0.0929. The van der Waals surface area contributed by atoms with E-state index in [9.17, 15) is 4.79 Å². The standard InChI is InChI=1S/C12H20N4O2/c1-4-13-11-7-14-10(6-15-11)12(17)16-5-9(2)8-18-3/h6-7,9H,4-5,8H2,1-3H3,(H,13,15)(H,16,17). The van der Waals surface area contributed by atoms with Crippen LogP contribution in [0.2, 0.25) is 0 Å². The summed E-state index contributed by atoms with van der Waals surface area (Å²) in [4.78, 5) is 19.9. The molecule has 1 unspecified atom stereocenters. The lowest BCUT2D eigenvalue weighted by atomic mass is 10.2. The van der Waals surface area contributed by atoms with Crippen LogP contribution in [0, 0.1) is 5.92 Å². The van der Waals surface area contributed by atoms with Gasteiger partial charge in [-0.1, -0.05) is 6.92 Å². The van der Waals surface area contributed by atoms with Crippen molar-refractivity contribution < 1.29 is 9.53 Å². The number of hydrogen-bond donors (Lipinski definition) is 2.